The van der Waals surface area contributed by atoms with Crippen LogP contribution in [0.4, 0.5) is 0 Å². The number of carboxylic acid groups (broad SMARTS) is 1. The van der Waals surface area contributed by atoms with Gasteiger partial charge in [0.2, 0.25) is 5.91 Å². The summed E-state index contributed by atoms with van der Waals surface area (Å²) in [6, 6.07) is 0.207. The van der Waals surface area contributed by atoms with Gasteiger partial charge in [0.1, 0.15) is 0 Å². The predicted molar refractivity (Wildman–Crippen MR) is 64.7 cm³/mol. The second-order valence-corrected chi connectivity index (χ2v) is 4.74. The topological polar surface area (TPSA) is 69.6 Å². The van der Waals surface area contributed by atoms with Gasteiger partial charge in [-0.25, -0.2) is 0 Å². The summed E-state index contributed by atoms with van der Waals surface area (Å²) in [6.07, 6.45) is 2.90. The van der Waals surface area contributed by atoms with Crippen molar-refractivity contribution >= 4 is 11.9 Å². The summed E-state index contributed by atoms with van der Waals surface area (Å²) in [5, 5.41) is 11.7. The summed E-state index contributed by atoms with van der Waals surface area (Å²) in [4.78, 5) is 24.4. The summed E-state index contributed by atoms with van der Waals surface area (Å²) in [6.45, 7) is 5.14. The third-order valence-electron chi connectivity index (χ3n) is 3.28. The van der Waals surface area contributed by atoms with Crippen molar-refractivity contribution in [3.8, 4) is 0 Å². The Balaban J connectivity index is 2.38. The summed E-state index contributed by atoms with van der Waals surface area (Å²) in [5.74, 6) is -0.791. The van der Waals surface area contributed by atoms with Crippen LogP contribution in [-0.2, 0) is 9.59 Å². The third-order valence-corrected chi connectivity index (χ3v) is 3.28. The van der Waals surface area contributed by atoms with E-state index in [2.05, 4.69) is 5.32 Å². The van der Waals surface area contributed by atoms with Crippen LogP contribution in [0.25, 0.3) is 0 Å². The number of rotatable bonds is 6. The number of likely N-dealkylation sites (tertiary alicyclic amines) is 1. The van der Waals surface area contributed by atoms with E-state index in [1.807, 2.05) is 18.7 Å². The Morgan fingerprint density at radius 1 is 1.53 bits per heavy atom. The number of hydrogen-bond acceptors (Lipinski definition) is 3. The van der Waals surface area contributed by atoms with E-state index < -0.39 is 5.97 Å². The van der Waals surface area contributed by atoms with Gasteiger partial charge in [0.15, 0.2) is 0 Å². The SMILES string of the molecule is CCC(C)NC(=O)CN1CCCC1CC(=O)O. The molecule has 0 aromatic rings. The van der Waals surface area contributed by atoms with Crippen LogP contribution in [0.2, 0.25) is 0 Å². The second kappa shape index (κ2) is 6.59. The van der Waals surface area contributed by atoms with Gasteiger partial charge in [-0.05, 0) is 32.7 Å². The highest BCUT2D eigenvalue weighted by Crippen LogP contribution is 2.19. The number of carboxylic acids is 1. The van der Waals surface area contributed by atoms with Crippen LogP contribution >= 0.6 is 0 Å². The smallest absolute Gasteiger partial charge is 0.304 e. The highest BCUT2D eigenvalue weighted by atomic mass is 16.4. The maximum Gasteiger partial charge on any atom is 0.304 e. The molecule has 17 heavy (non-hydrogen) atoms. The first-order valence-electron chi connectivity index (χ1n) is 6.28. The normalized spacial score (nSPS) is 22.4. The van der Waals surface area contributed by atoms with Crippen molar-refractivity contribution in [2.24, 2.45) is 0 Å². The maximum absolute atomic E-state index is 11.7. The van der Waals surface area contributed by atoms with Crippen molar-refractivity contribution < 1.29 is 14.7 Å². The summed E-state index contributed by atoms with van der Waals surface area (Å²) >= 11 is 0. The fraction of sp³-hybridized carbons (Fsp3) is 0.833. The lowest BCUT2D eigenvalue weighted by atomic mass is 10.1. The molecule has 2 unspecified atom stereocenters. The van der Waals surface area contributed by atoms with Crippen LogP contribution in [0.15, 0.2) is 0 Å². The lowest BCUT2D eigenvalue weighted by Gasteiger charge is -2.23. The first-order valence-corrected chi connectivity index (χ1v) is 6.28. The molecule has 5 nitrogen and oxygen atoms in total. The lowest BCUT2D eigenvalue weighted by molar-refractivity contribution is -0.138. The Labute approximate surface area is 102 Å². The van der Waals surface area contributed by atoms with E-state index >= 15 is 0 Å². The van der Waals surface area contributed by atoms with Crippen LogP contribution in [0.3, 0.4) is 0 Å². The Hall–Kier alpha value is -1.10. The number of hydrogen-bond donors (Lipinski definition) is 2. The highest BCUT2D eigenvalue weighted by molar-refractivity contribution is 5.78. The van der Waals surface area contributed by atoms with E-state index in [4.69, 9.17) is 5.11 Å². The Bertz CT molecular complexity index is 281. The van der Waals surface area contributed by atoms with Crippen LogP contribution < -0.4 is 5.32 Å². The third kappa shape index (κ3) is 4.73. The highest BCUT2D eigenvalue weighted by Gasteiger charge is 2.28. The molecule has 1 aliphatic heterocycles. The van der Waals surface area contributed by atoms with Gasteiger partial charge in [-0.1, -0.05) is 6.92 Å². The summed E-state index contributed by atoms with van der Waals surface area (Å²) < 4.78 is 0. The van der Waals surface area contributed by atoms with Gasteiger partial charge >= 0.3 is 5.97 Å². The first-order chi connectivity index (χ1) is 8.02. The zero-order valence-electron chi connectivity index (χ0n) is 10.6. The molecule has 0 bridgehead atoms. The maximum atomic E-state index is 11.7. The van der Waals surface area contributed by atoms with Gasteiger partial charge in [0.25, 0.3) is 0 Å². The summed E-state index contributed by atoms with van der Waals surface area (Å²) in [7, 11) is 0. The standard InChI is InChI=1S/C12H22N2O3/c1-3-9(2)13-11(15)8-14-6-4-5-10(14)7-12(16)17/h9-10H,3-8H2,1-2H3,(H,13,15)(H,16,17). The van der Waals surface area contributed by atoms with Crippen LogP contribution in [0.1, 0.15) is 39.5 Å². The van der Waals surface area contributed by atoms with Crippen LogP contribution in [-0.4, -0.2) is 47.1 Å². The largest absolute Gasteiger partial charge is 0.481 e. The molecular formula is C12H22N2O3. The van der Waals surface area contributed by atoms with Crippen molar-refractivity contribution in [1.82, 2.24) is 10.2 Å². The minimum Gasteiger partial charge on any atom is -0.481 e. The molecule has 1 saturated heterocycles. The average molecular weight is 242 g/mol. The number of carbonyl (C=O) groups excluding carboxylic acids is 1. The molecular weight excluding hydrogens is 220 g/mol. The van der Waals surface area contributed by atoms with Crippen LogP contribution in [0.5, 0.6) is 0 Å². The first kappa shape index (κ1) is 14.0. The van der Waals surface area contributed by atoms with E-state index in [-0.39, 0.29) is 24.4 Å². The van der Waals surface area contributed by atoms with Crippen molar-refractivity contribution in [2.45, 2.75) is 51.6 Å². The second-order valence-electron chi connectivity index (χ2n) is 4.74. The summed E-state index contributed by atoms with van der Waals surface area (Å²) in [5.41, 5.74) is 0. The van der Waals surface area contributed by atoms with Gasteiger partial charge in [-0.2, -0.15) is 0 Å². The predicted octanol–water partition coefficient (Wildman–Crippen LogP) is 0.840. The van der Waals surface area contributed by atoms with Gasteiger partial charge in [-0.15, -0.1) is 0 Å². The van der Waals surface area contributed by atoms with E-state index in [0.29, 0.717) is 6.54 Å². The van der Waals surface area contributed by atoms with E-state index in [0.717, 1.165) is 25.8 Å². The fourth-order valence-corrected chi connectivity index (χ4v) is 2.14. The Morgan fingerprint density at radius 2 is 2.24 bits per heavy atom. The van der Waals surface area contributed by atoms with E-state index in [9.17, 15) is 9.59 Å². The Kier molecular flexibility index (Phi) is 5.41. The fourth-order valence-electron chi connectivity index (χ4n) is 2.14. The molecule has 0 spiro atoms. The van der Waals surface area contributed by atoms with Crippen molar-refractivity contribution in [2.75, 3.05) is 13.1 Å². The minimum atomic E-state index is -0.788. The number of carbonyl (C=O) groups is 2. The zero-order chi connectivity index (χ0) is 12.8. The molecule has 5 heteroatoms. The minimum absolute atomic E-state index is 0.00311. The molecule has 0 aromatic carbocycles. The molecule has 2 atom stereocenters. The van der Waals surface area contributed by atoms with E-state index in [1.165, 1.54) is 0 Å². The Morgan fingerprint density at radius 3 is 2.82 bits per heavy atom. The molecule has 1 rings (SSSR count). The number of nitrogens with zero attached hydrogens (tertiary/aromatic N) is 1. The number of amides is 1. The average Bonchev–Trinajstić information content (AvgIpc) is 2.64. The molecule has 0 radical (unpaired) electrons. The molecule has 1 fully saturated rings. The number of aliphatic carboxylic acids is 1. The molecule has 0 aliphatic carbocycles. The van der Waals surface area contributed by atoms with Gasteiger partial charge in [0, 0.05) is 12.1 Å². The molecule has 1 aliphatic rings. The molecule has 0 saturated carbocycles. The van der Waals surface area contributed by atoms with Crippen molar-refractivity contribution in [3.05, 3.63) is 0 Å². The monoisotopic (exact) mass is 242 g/mol. The lowest BCUT2D eigenvalue weighted by Crippen LogP contribution is -2.43. The van der Waals surface area contributed by atoms with Gasteiger partial charge in [-0.3, -0.25) is 14.5 Å². The zero-order valence-corrected chi connectivity index (χ0v) is 10.6. The molecule has 2 N–H and O–H groups in total. The molecule has 1 amide bonds. The van der Waals surface area contributed by atoms with Crippen LogP contribution in [0, 0.1) is 0 Å². The van der Waals surface area contributed by atoms with Crippen molar-refractivity contribution in [3.63, 3.8) is 0 Å². The molecule has 0 aromatic heterocycles. The number of nitrogens with one attached hydrogen (secondary N) is 1. The quantitative estimate of drug-likeness (QED) is 0.724. The van der Waals surface area contributed by atoms with Gasteiger partial charge in [0.05, 0.1) is 13.0 Å². The van der Waals surface area contributed by atoms with E-state index in [1.54, 1.807) is 0 Å². The molecule has 1 heterocycles. The van der Waals surface area contributed by atoms with Gasteiger partial charge < -0.3 is 10.4 Å². The molecule has 98 valence electrons. The van der Waals surface area contributed by atoms with Crippen molar-refractivity contribution in [1.29, 1.82) is 0 Å².